The van der Waals surface area contributed by atoms with E-state index in [1.807, 2.05) is 37.3 Å². The molecule has 1 amide bonds. The highest BCUT2D eigenvalue weighted by atomic mass is 16.5. The van der Waals surface area contributed by atoms with Gasteiger partial charge in [0.05, 0.1) is 24.5 Å². The van der Waals surface area contributed by atoms with Gasteiger partial charge < -0.3 is 20.2 Å². The van der Waals surface area contributed by atoms with Gasteiger partial charge in [-0.1, -0.05) is 30.3 Å². The van der Waals surface area contributed by atoms with E-state index >= 15 is 0 Å². The fourth-order valence-corrected chi connectivity index (χ4v) is 4.51. The summed E-state index contributed by atoms with van der Waals surface area (Å²) >= 11 is 0. The number of nitrogens with zero attached hydrogens (tertiary/aromatic N) is 6. The van der Waals surface area contributed by atoms with E-state index in [-0.39, 0.29) is 17.8 Å². The van der Waals surface area contributed by atoms with E-state index in [2.05, 4.69) is 25.5 Å². The number of hydrogen-bond donors (Lipinski definition) is 2. The van der Waals surface area contributed by atoms with Crippen LogP contribution in [-0.2, 0) is 15.1 Å². The van der Waals surface area contributed by atoms with Crippen molar-refractivity contribution in [3.63, 3.8) is 0 Å². The molecule has 2 atom stereocenters. The molecule has 35 heavy (non-hydrogen) atoms. The molecule has 1 unspecified atom stereocenters. The van der Waals surface area contributed by atoms with Crippen LogP contribution < -0.4 is 11.1 Å². The Balaban J connectivity index is 1.48. The van der Waals surface area contributed by atoms with E-state index in [1.165, 1.54) is 4.52 Å². The summed E-state index contributed by atoms with van der Waals surface area (Å²) in [4.78, 5) is 22.9. The van der Waals surface area contributed by atoms with Gasteiger partial charge in [-0.15, -0.1) is 5.10 Å². The third kappa shape index (κ3) is 3.43. The summed E-state index contributed by atoms with van der Waals surface area (Å²) in [7, 11) is 0. The number of carbonyl (C=O) groups excluding carboxylic acids is 1. The number of anilines is 1. The predicted molar refractivity (Wildman–Crippen MR) is 127 cm³/mol. The minimum absolute atomic E-state index is 0.124. The van der Waals surface area contributed by atoms with Gasteiger partial charge in [-0.3, -0.25) is 4.79 Å². The first-order chi connectivity index (χ1) is 17.1. The maximum atomic E-state index is 13.8. The molecule has 1 aliphatic heterocycles. The van der Waals surface area contributed by atoms with Gasteiger partial charge in [0.2, 0.25) is 11.8 Å². The summed E-state index contributed by atoms with van der Waals surface area (Å²) in [5.41, 5.74) is 6.76. The molecule has 178 valence electrons. The third-order valence-electron chi connectivity index (χ3n) is 6.55. The zero-order valence-electron chi connectivity index (χ0n) is 19.1. The Morgan fingerprint density at radius 2 is 2.06 bits per heavy atom. The van der Waals surface area contributed by atoms with Gasteiger partial charge in [-0.2, -0.15) is 14.6 Å². The Hall–Kier alpha value is -4.25. The van der Waals surface area contributed by atoms with Crippen molar-refractivity contribution in [3.8, 4) is 11.6 Å². The maximum Gasteiger partial charge on any atom is 0.252 e. The van der Waals surface area contributed by atoms with Crippen molar-refractivity contribution in [1.29, 1.82) is 0 Å². The van der Waals surface area contributed by atoms with E-state index in [0.29, 0.717) is 41.4 Å². The number of amides is 1. The van der Waals surface area contributed by atoms with E-state index in [1.54, 1.807) is 29.3 Å². The Kier molecular flexibility index (Phi) is 4.99. The normalized spacial score (nSPS) is 17.7. The SMILES string of the molecule is CC(C(=O)NC[C@H]1CCOC1)(c1ccccc1)n1ncc2c1nc(N)n1nc(-c3ccco3)nc21. The summed E-state index contributed by atoms with van der Waals surface area (Å²) in [5, 5.41) is 12.8. The lowest BCUT2D eigenvalue weighted by atomic mass is 9.90. The second-order valence-electron chi connectivity index (χ2n) is 8.79. The van der Waals surface area contributed by atoms with Crippen LogP contribution in [0, 0.1) is 5.92 Å². The summed E-state index contributed by atoms with van der Waals surface area (Å²) in [6.07, 6.45) is 4.11. The minimum atomic E-state index is -1.19. The highest BCUT2D eigenvalue weighted by molar-refractivity contribution is 5.94. The van der Waals surface area contributed by atoms with Gasteiger partial charge in [0.25, 0.3) is 5.91 Å². The molecule has 4 aromatic heterocycles. The second kappa shape index (κ2) is 8.20. The Morgan fingerprint density at radius 1 is 1.20 bits per heavy atom. The lowest BCUT2D eigenvalue weighted by Crippen LogP contribution is -2.49. The van der Waals surface area contributed by atoms with Crippen LogP contribution in [0.2, 0.25) is 0 Å². The second-order valence-corrected chi connectivity index (χ2v) is 8.79. The van der Waals surface area contributed by atoms with Crippen molar-refractivity contribution in [2.24, 2.45) is 5.92 Å². The van der Waals surface area contributed by atoms with Crippen molar-refractivity contribution in [2.45, 2.75) is 18.9 Å². The molecule has 3 N–H and O–H groups in total. The van der Waals surface area contributed by atoms with Crippen LogP contribution in [0.1, 0.15) is 18.9 Å². The summed E-state index contributed by atoms with van der Waals surface area (Å²) < 4.78 is 14.0. The molecule has 1 aliphatic rings. The largest absolute Gasteiger partial charge is 0.461 e. The summed E-state index contributed by atoms with van der Waals surface area (Å²) in [5.74, 6) is 1.11. The number of hydrogen-bond acceptors (Lipinski definition) is 8. The number of fused-ring (bicyclic) bond motifs is 3. The number of aromatic nitrogens is 6. The van der Waals surface area contributed by atoms with Crippen molar-refractivity contribution in [2.75, 3.05) is 25.5 Å². The molecule has 0 spiro atoms. The number of nitrogen functional groups attached to an aromatic ring is 1. The van der Waals surface area contributed by atoms with Crippen LogP contribution in [0.5, 0.6) is 0 Å². The summed E-state index contributed by atoms with van der Waals surface area (Å²) in [6.45, 7) is 3.72. The van der Waals surface area contributed by atoms with E-state index in [4.69, 9.17) is 14.9 Å². The van der Waals surface area contributed by atoms with E-state index < -0.39 is 5.54 Å². The number of furan rings is 1. The van der Waals surface area contributed by atoms with Gasteiger partial charge >= 0.3 is 0 Å². The first-order valence-electron chi connectivity index (χ1n) is 11.4. The van der Waals surface area contributed by atoms with Crippen molar-refractivity contribution >= 4 is 28.5 Å². The first kappa shape index (κ1) is 21.3. The van der Waals surface area contributed by atoms with Crippen LogP contribution >= 0.6 is 0 Å². The number of rotatable bonds is 6. The van der Waals surface area contributed by atoms with Crippen molar-refractivity contribution < 1.29 is 13.9 Å². The zero-order chi connectivity index (χ0) is 24.0. The number of ether oxygens (including phenoxy) is 1. The highest BCUT2D eigenvalue weighted by Gasteiger charge is 2.40. The molecule has 0 bridgehead atoms. The molecule has 6 rings (SSSR count). The molecule has 11 heteroatoms. The summed E-state index contributed by atoms with van der Waals surface area (Å²) in [6, 6.07) is 13.0. The lowest BCUT2D eigenvalue weighted by molar-refractivity contribution is -0.127. The number of nitrogens with one attached hydrogen (secondary N) is 1. The van der Waals surface area contributed by atoms with Gasteiger partial charge in [0.1, 0.15) is 0 Å². The highest BCUT2D eigenvalue weighted by Crippen LogP contribution is 2.31. The molecule has 0 radical (unpaired) electrons. The van der Waals surface area contributed by atoms with Crippen molar-refractivity contribution in [3.05, 3.63) is 60.5 Å². The zero-order valence-corrected chi connectivity index (χ0v) is 19.1. The molecular formula is C24H24N8O3. The van der Waals surface area contributed by atoms with Crippen LogP contribution in [0.4, 0.5) is 5.95 Å². The Morgan fingerprint density at radius 3 is 2.80 bits per heavy atom. The van der Waals surface area contributed by atoms with Gasteiger partial charge in [0.15, 0.2) is 22.6 Å². The molecule has 1 aromatic carbocycles. The maximum absolute atomic E-state index is 13.8. The lowest BCUT2D eigenvalue weighted by Gasteiger charge is -2.30. The molecule has 0 saturated carbocycles. The van der Waals surface area contributed by atoms with E-state index in [9.17, 15) is 4.79 Å². The predicted octanol–water partition coefficient (Wildman–Crippen LogP) is 2.23. The first-order valence-corrected chi connectivity index (χ1v) is 11.4. The number of nitrogens with two attached hydrogens (primary N) is 1. The number of carbonyl (C=O) groups is 1. The Labute approximate surface area is 199 Å². The van der Waals surface area contributed by atoms with Crippen LogP contribution in [0.3, 0.4) is 0 Å². The van der Waals surface area contributed by atoms with E-state index in [0.717, 1.165) is 18.6 Å². The van der Waals surface area contributed by atoms with Gasteiger partial charge in [-0.05, 0) is 31.0 Å². The fourth-order valence-electron chi connectivity index (χ4n) is 4.51. The van der Waals surface area contributed by atoms with Gasteiger partial charge in [-0.25, -0.2) is 9.67 Å². The number of benzene rings is 1. The minimum Gasteiger partial charge on any atom is -0.461 e. The van der Waals surface area contributed by atoms with Crippen LogP contribution in [-0.4, -0.2) is 55.0 Å². The van der Waals surface area contributed by atoms with Crippen LogP contribution in [0.15, 0.2) is 59.3 Å². The Bertz CT molecular complexity index is 1500. The monoisotopic (exact) mass is 472 g/mol. The average Bonchev–Trinajstić information content (AvgIpc) is 3.68. The third-order valence-corrected chi connectivity index (χ3v) is 6.55. The standard InChI is InChI=1S/C24H24N8O3/c1-24(16-6-3-2-4-7-16,22(33)26-12-15-9-11-34-14-15)32-21-17(13-27-32)20-28-19(18-8-5-10-35-18)30-31(20)23(25)29-21/h2-8,10,13,15H,9,11-12,14H2,1H3,(H2,25,29)(H,26,33)/t15-,24?/m1/s1. The molecule has 1 fully saturated rings. The average molecular weight is 473 g/mol. The smallest absolute Gasteiger partial charge is 0.252 e. The molecule has 11 nitrogen and oxygen atoms in total. The molecule has 5 aromatic rings. The molecular weight excluding hydrogens is 448 g/mol. The fraction of sp³-hybridized carbons (Fsp3) is 0.292. The van der Waals surface area contributed by atoms with Crippen molar-refractivity contribution in [1.82, 2.24) is 34.7 Å². The molecule has 1 saturated heterocycles. The topological polar surface area (TPSA) is 138 Å². The van der Waals surface area contributed by atoms with Crippen LogP contribution in [0.25, 0.3) is 28.3 Å². The molecule has 0 aliphatic carbocycles. The quantitative estimate of drug-likeness (QED) is 0.384. The molecule has 5 heterocycles. The van der Waals surface area contributed by atoms with Gasteiger partial charge in [0, 0.05) is 19.1 Å².